The summed E-state index contributed by atoms with van der Waals surface area (Å²) in [6.45, 7) is 6.14. The molecule has 0 amide bonds. The molecule has 0 radical (unpaired) electrons. The Bertz CT molecular complexity index is 1290. The van der Waals surface area contributed by atoms with Gasteiger partial charge in [-0.1, -0.05) is 155 Å². The van der Waals surface area contributed by atoms with E-state index in [9.17, 15) is 14.4 Å². The van der Waals surface area contributed by atoms with Crippen LogP contribution in [0.4, 0.5) is 0 Å². The Hall–Kier alpha value is -4.19. The van der Waals surface area contributed by atoms with Crippen molar-refractivity contribution in [1.82, 2.24) is 0 Å². The molecule has 0 bridgehead atoms. The maximum absolute atomic E-state index is 12.7. The third-order valence-corrected chi connectivity index (χ3v) is 8.69. The summed E-state index contributed by atoms with van der Waals surface area (Å²) in [6, 6.07) is 0. The molecule has 0 heterocycles. The van der Waals surface area contributed by atoms with Gasteiger partial charge in [0.2, 0.25) is 0 Å². The fourth-order valence-electron chi connectivity index (χ4n) is 5.41. The number of ether oxygens (including phenoxy) is 3. The van der Waals surface area contributed by atoms with E-state index in [-0.39, 0.29) is 44.0 Å². The Morgan fingerprint density at radius 1 is 0.345 bits per heavy atom. The van der Waals surface area contributed by atoms with Crippen molar-refractivity contribution in [3.63, 3.8) is 0 Å². The second-order valence-corrected chi connectivity index (χ2v) is 14.2. The minimum atomic E-state index is -0.827. The van der Waals surface area contributed by atoms with Crippen LogP contribution in [-0.4, -0.2) is 37.2 Å². The monoisotopic (exact) mass is 801 g/mol. The van der Waals surface area contributed by atoms with Crippen molar-refractivity contribution in [2.75, 3.05) is 13.2 Å². The molecule has 6 nitrogen and oxygen atoms in total. The lowest BCUT2D eigenvalue weighted by Crippen LogP contribution is -2.30. The fraction of sp³-hybridized carbons (Fsp3) is 0.558. The maximum atomic E-state index is 12.7. The van der Waals surface area contributed by atoms with E-state index in [0.29, 0.717) is 12.8 Å². The van der Waals surface area contributed by atoms with Gasteiger partial charge in [-0.05, 0) is 116 Å². The molecule has 0 aliphatic rings. The molecule has 0 aromatic carbocycles. The van der Waals surface area contributed by atoms with Crippen LogP contribution in [0.3, 0.4) is 0 Å². The highest BCUT2D eigenvalue weighted by Crippen LogP contribution is 2.10. The molecular formula is C52H80O6. The highest BCUT2D eigenvalue weighted by molar-refractivity contribution is 5.71. The lowest BCUT2D eigenvalue weighted by Gasteiger charge is -2.18. The summed E-state index contributed by atoms with van der Waals surface area (Å²) in [4.78, 5) is 37.7. The molecule has 1 unspecified atom stereocenters. The fourth-order valence-corrected chi connectivity index (χ4v) is 5.41. The van der Waals surface area contributed by atoms with Crippen LogP contribution in [0, 0.1) is 0 Å². The van der Waals surface area contributed by atoms with Crippen molar-refractivity contribution in [2.24, 2.45) is 0 Å². The first-order chi connectivity index (χ1) is 28.5. The zero-order valence-corrected chi connectivity index (χ0v) is 36.8. The lowest BCUT2D eigenvalue weighted by atomic mass is 10.1. The van der Waals surface area contributed by atoms with Gasteiger partial charge in [0.1, 0.15) is 13.2 Å². The summed E-state index contributed by atoms with van der Waals surface area (Å²) in [7, 11) is 0. The van der Waals surface area contributed by atoms with Crippen LogP contribution in [0.15, 0.2) is 122 Å². The van der Waals surface area contributed by atoms with Crippen LogP contribution in [0.2, 0.25) is 0 Å². The van der Waals surface area contributed by atoms with Crippen molar-refractivity contribution < 1.29 is 28.6 Å². The summed E-state index contributed by atoms with van der Waals surface area (Å²) in [5.74, 6) is -1.06. The lowest BCUT2D eigenvalue weighted by molar-refractivity contribution is -0.167. The van der Waals surface area contributed by atoms with Crippen LogP contribution >= 0.6 is 0 Å². The van der Waals surface area contributed by atoms with E-state index in [1.807, 2.05) is 0 Å². The van der Waals surface area contributed by atoms with Gasteiger partial charge >= 0.3 is 17.9 Å². The number of carbonyl (C=O) groups excluding carboxylic acids is 3. The van der Waals surface area contributed by atoms with E-state index in [2.05, 4.69) is 142 Å². The first-order valence-corrected chi connectivity index (χ1v) is 22.5. The molecule has 58 heavy (non-hydrogen) atoms. The van der Waals surface area contributed by atoms with Crippen molar-refractivity contribution in [2.45, 2.75) is 175 Å². The zero-order valence-electron chi connectivity index (χ0n) is 36.8. The van der Waals surface area contributed by atoms with Gasteiger partial charge in [-0.15, -0.1) is 0 Å². The third-order valence-electron chi connectivity index (χ3n) is 8.69. The molecule has 0 saturated heterocycles. The molecular weight excluding hydrogens is 721 g/mol. The van der Waals surface area contributed by atoms with Crippen molar-refractivity contribution in [1.29, 1.82) is 0 Å². The van der Waals surface area contributed by atoms with Crippen LogP contribution in [0.25, 0.3) is 0 Å². The van der Waals surface area contributed by atoms with Crippen LogP contribution in [0.1, 0.15) is 168 Å². The molecule has 0 spiro atoms. The first-order valence-electron chi connectivity index (χ1n) is 22.5. The van der Waals surface area contributed by atoms with Gasteiger partial charge in [0.25, 0.3) is 0 Å². The van der Waals surface area contributed by atoms with Gasteiger partial charge in [0.15, 0.2) is 6.10 Å². The summed E-state index contributed by atoms with van der Waals surface area (Å²) in [5.41, 5.74) is 0. The summed E-state index contributed by atoms with van der Waals surface area (Å²) >= 11 is 0. The molecule has 0 N–H and O–H groups in total. The Kier molecular flexibility index (Phi) is 42.2. The van der Waals surface area contributed by atoms with Gasteiger partial charge in [0.05, 0.1) is 0 Å². The number of allylic oxidation sites excluding steroid dienone is 20. The molecule has 324 valence electrons. The third kappa shape index (κ3) is 42.9. The predicted octanol–water partition coefficient (Wildman–Crippen LogP) is 14.6. The Morgan fingerprint density at radius 2 is 0.638 bits per heavy atom. The van der Waals surface area contributed by atoms with Gasteiger partial charge < -0.3 is 14.2 Å². The summed E-state index contributed by atoms with van der Waals surface area (Å²) < 4.78 is 16.6. The number of unbranched alkanes of at least 4 members (excludes halogenated alkanes) is 7. The largest absolute Gasteiger partial charge is 0.462 e. The smallest absolute Gasteiger partial charge is 0.306 e. The molecule has 6 heteroatoms. The quantitative estimate of drug-likeness (QED) is 0.0268. The minimum Gasteiger partial charge on any atom is -0.462 e. The molecule has 0 fully saturated rings. The molecule has 0 saturated carbocycles. The minimum absolute atomic E-state index is 0.126. The number of esters is 3. The number of rotatable bonds is 38. The molecule has 1 atom stereocenters. The van der Waals surface area contributed by atoms with Crippen molar-refractivity contribution in [3.8, 4) is 0 Å². The van der Waals surface area contributed by atoms with Gasteiger partial charge in [0, 0.05) is 19.3 Å². The van der Waals surface area contributed by atoms with Crippen LogP contribution < -0.4 is 0 Å². The van der Waals surface area contributed by atoms with Gasteiger partial charge in [-0.3, -0.25) is 14.4 Å². The molecule has 0 aromatic rings. The molecule has 0 rings (SSSR count). The second-order valence-electron chi connectivity index (χ2n) is 14.2. The number of hydrogen-bond acceptors (Lipinski definition) is 6. The van der Waals surface area contributed by atoms with Gasteiger partial charge in [-0.2, -0.15) is 0 Å². The standard InChI is InChI=1S/C52H80O6/c1-4-7-10-13-16-19-21-23-25-26-27-29-30-33-36-39-42-45-51(54)57-48-49(47-56-50(53)44-41-38-35-32-18-15-12-9-6-3)58-52(55)46-43-40-37-34-31-28-24-22-20-17-14-11-8-5-2/h7-12,16-20,23-25,27-29,32-33,36,49H,4-6,13-15,21-22,26,30-31,34-35,37-48H2,1-3H3/b10-7-,11-8-,12-9-,19-16-,20-17-,25-23-,28-24-,29-27-,32-18-,36-33-. The topological polar surface area (TPSA) is 78.9 Å². The van der Waals surface area contributed by atoms with Crippen molar-refractivity contribution in [3.05, 3.63) is 122 Å². The Labute approximate surface area is 354 Å². The Balaban J connectivity index is 4.54. The summed E-state index contributed by atoms with van der Waals surface area (Å²) in [6.07, 6.45) is 62.0. The number of hydrogen-bond donors (Lipinski definition) is 0. The van der Waals surface area contributed by atoms with E-state index in [4.69, 9.17) is 14.2 Å². The Morgan fingerprint density at radius 3 is 1.05 bits per heavy atom. The van der Waals surface area contributed by atoms with E-state index < -0.39 is 6.10 Å². The average Bonchev–Trinajstić information content (AvgIpc) is 3.22. The molecule has 0 aromatic heterocycles. The number of carbonyl (C=O) groups is 3. The highest BCUT2D eigenvalue weighted by Gasteiger charge is 2.19. The van der Waals surface area contributed by atoms with Crippen LogP contribution in [0.5, 0.6) is 0 Å². The van der Waals surface area contributed by atoms with Crippen molar-refractivity contribution >= 4 is 17.9 Å². The SMILES string of the molecule is CC/C=C\C/C=C\C/C=C\C/C=C\C/C=C\CCCC(=O)OCC(COC(=O)CCCC/C=C\C/C=C\CC)OC(=O)CCCCCC/C=C\C/C=C\C/C=C\CC. The first kappa shape index (κ1) is 53.8. The summed E-state index contributed by atoms with van der Waals surface area (Å²) in [5, 5.41) is 0. The van der Waals surface area contributed by atoms with E-state index in [1.165, 1.54) is 0 Å². The van der Waals surface area contributed by atoms with E-state index >= 15 is 0 Å². The predicted molar refractivity (Wildman–Crippen MR) is 246 cm³/mol. The average molecular weight is 801 g/mol. The maximum Gasteiger partial charge on any atom is 0.306 e. The van der Waals surface area contributed by atoms with E-state index in [1.54, 1.807) is 0 Å². The van der Waals surface area contributed by atoms with Crippen LogP contribution in [-0.2, 0) is 28.6 Å². The van der Waals surface area contributed by atoms with Gasteiger partial charge in [-0.25, -0.2) is 0 Å². The molecule has 0 aliphatic carbocycles. The normalized spacial score (nSPS) is 13.2. The van der Waals surface area contributed by atoms with E-state index in [0.717, 1.165) is 122 Å². The molecule has 0 aliphatic heterocycles. The zero-order chi connectivity index (χ0) is 42.3. The highest BCUT2D eigenvalue weighted by atomic mass is 16.6. The second kappa shape index (κ2) is 45.5.